The van der Waals surface area contributed by atoms with E-state index in [-0.39, 0.29) is 12.1 Å². The van der Waals surface area contributed by atoms with E-state index in [4.69, 9.17) is 0 Å². The lowest BCUT2D eigenvalue weighted by atomic mass is 9.85. The average molecular weight is 268 g/mol. The Balaban J connectivity index is 1.81. The van der Waals surface area contributed by atoms with E-state index in [0.29, 0.717) is 5.92 Å². The first-order chi connectivity index (χ1) is 9.86. The summed E-state index contributed by atoms with van der Waals surface area (Å²) in [5.74, 6) is 0.314. The van der Waals surface area contributed by atoms with Gasteiger partial charge in [-0.05, 0) is 18.4 Å². The Morgan fingerprint density at radius 1 is 1.10 bits per heavy atom. The number of fused-ring (bicyclic) bond motifs is 3. The van der Waals surface area contributed by atoms with E-state index in [1.54, 1.807) is 0 Å². The van der Waals surface area contributed by atoms with Crippen LogP contribution < -0.4 is 0 Å². The second-order valence-electron chi connectivity index (χ2n) is 6.09. The average Bonchev–Trinajstić information content (AvgIpc) is 2.97. The standard InChI is InChI=1S/C17H20N2O/c20-16-9-3-1-2-8-14(16)17-13-7-5-4-6-12(13)15-10-18-11-19(15)17/h4-7,10-11,14,16-17,20H,1-3,8-9H2/t14-,16-,17-/m1/s1. The second-order valence-corrected chi connectivity index (χ2v) is 6.09. The van der Waals surface area contributed by atoms with Gasteiger partial charge in [0.25, 0.3) is 0 Å². The van der Waals surface area contributed by atoms with Gasteiger partial charge in [0.2, 0.25) is 0 Å². The number of aliphatic hydroxyl groups is 1. The summed E-state index contributed by atoms with van der Waals surface area (Å²) in [7, 11) is 0. The molecule has 104 valence electrons. The first-order valence-corrected chi connectivity index (χ1v) is 7.65. The molecule has 3 heteroatoms. The lowest BCUT2D eigenvalue weighted by Crippen LogP contribution is -2.28. The minimum Gasteiger partial charge on any atom is -0.393 e. The summed E-state index contributed by atoms with van der Waals surface area (Å²) in [5.41, 5.74) is 3.84. The molecule has 0 amide bonds. The normalized spacial score (nSPS) is 28.8. The molecule has 1 aliphatic carbocycles. The first kappa shape index (κ1) is 12.2. The molecule has 0 saturated heterocycles. The van der Waals surface area contributed by atoms with Crippen LogP contribution in [0.15, 0.2) is 36.8 Å². The Kier molecular flexibility index (Phi) is 2.88. The quantitative estimate of drug-likeness (QED) is 0.805. The van der Waals surface area contributed by atoms with E-state index in [1.807, 2.05) is 12.5 Å². The predicted molar refractivity (Wildman–Crippen MR) is 78.4 cm³/mol. The number of hydrogen-bond donors (Lipinski definition) is 1. The van der Waals surface area contributed by atoms with Crippen molar-refractivity contribution in [2.24, 2.45) is 5.92 Å². The van der Waals surface area contributed by atoms with Crippen LogP contribution in [0.5, 0.6) is 0 Å². The highest BCUT2D eigenvalue weighted by Crippen LogP contribution is 2.46. The van der Waals surface area contributed by atoms with Gasteiger partial charge >= 0.3 is 0 Å². The number of nitrogens with zero attached hydrogens (tertiary/aromatic N) is 2. The fourth-order valence-electron chi connectivity index (χ4n) is 3.99. The molecule has 20 heavy (non-hydrogen) atoms. The number of hydrogen-bond acceptors (Lipinski definition) is 2. The fourth-order valence-corrected chi connectivity index (χ4v) is 3.99. The lowest BCUT2D eigenvalue weighted by molar-refractivity contribution is 0.0802. The molecule has 3 nitrogen and oxygen atoms in total. The van der Waals surface area contributed by atoms with Crippen LogP contribution in [0.25, 0.3) is 11.3 Å². The zero-order valence-electron chi connectivity index (χ0n) is 11.6. The summed E-state index contributed by atoms with van der Waals surface area (Å²) < 4.78 is 2.27. The largest absolute Gasteiger partial charge is 0.393 e. The summed E-state index contributed by atoms with van der Waals surface area (Å²) in [4.78, 5) is 4.32. The highest BCUT2D eigenvalue weighted by atomic mass is 16.3. The number of aromatic nitrogens is 2. The maximum absolute atomic E-state index is 10.6. The minimum absolute atomic E-state index is 0.191. The molecule has 2 heterocycles. The lowest BCUT2D eigenvalue weighted by Gasteiger charge is -2.28. The van der Waals surface area contributed by atoms with Crippen molar-refractivity contribution in [3.8, 4) is 11.3 Å². The summed E-state index contributed by atoms with van der Waals surface area (Å²) >= 11 is 0. The molecule has 0 spiro atoms. The smallest absolute Gasteiger partial charge is 0.0956 e. The molecule has 0 radical (unpaired) electrons. The predicted octanol–water partition coefficient (Wildman–Crippen LogP) is 3.39. The van der Waals surface area contributed by atoms with Gasteiger partial charge < -0.3 is 9.67 Å². The summed E-state index contributed by atoms with van der Waals surface area (Å²) in [5, 5.41) is 10.6. The monoisotopic (exact) mass is 268 g/mol. The van der Waals surface area contributed by atoms with E-state index < -0.39 is 0 Å². The molecule has 4 rings (SSSR count). The van der Waals surface area contributed by atoms with Crippen molar-refractivity contribution in [3.05, 3.63) is 42.4 Å². The molecule has 1 aliphatic heterocycles. The number of rotatable bonds is 1. The number of imidazole rings is 1. The molecule has 1 fully saturated rings. The van der Waals surface area contributed by atoms with Gasteiger partial charge in [0.05, 0.1) is 30.4 Å². The Hall–Kier alpha value is -1.61. The summed E-state index contributed by atoms with van der Waals surface area (Å²) in [6.45, 7) is 0. The van der Waals surface area contributed by atoms with Crippen molar-refractivity contribution in [2.45, 2.75) is 44.2 Å². The molecule has 0 unspecified atom stereocenters. The van der Waals surface area contributed by atoms with Crippen molar-refractivity contribution in [2.75, 3.05) is 0 Å². The Labute approximate surface area is 119 Å². The molecule has 3 atom stereocenters. The van der Waals surface area contributed by atoms with Crippen LogP contribution >= 0.6 is 0 Å². The molecule has 1 aromatic carbocycles. The molecular weight excluding hydrogens is 248 g/mol. The van der Waals surface area contributed by atoms with E-state index in [2.05, 4.69) is 33.8 Å². The van der Waals surface area contributed by atoms with Gasteiger partial charge in [-0.25, -0.2) is 4.98 Å². The van der Waals surface area contributed by atoms with Crippen molar-refractivity contribution in [1.82, 2.24) is 9.55 Å². The zero-order chi connectivity index (χ0) is 13.5. The van der Waals surface area contributed by atoms with Crippen LogP contribution in [0, 0.1) is 5.92 Å². The van der Waals surface area contributed by atoms with Gasteiger partial charge in [-0.2, -0.15) is 0 Å². The minimum atomic E-state index is -0.191. The highest BCUT2D eigenvalue weighted by Gasteiger charge is 2.37. The zero-order valence-corrected chi connectivity index (χ0v) is 11.6. The van der Waals surface area contributed by atoms with E-state index >= 15 is 0 Å². The third-order valence-corrected chi connectivity index (χ3v) is 4.96. The van der Waals surface area contributed by atoms with Gasteiger partial charge in [0, 0.05) is 11.5 Å². The molecule has 0 bridgehead atoms. The Morgan fingerprint density at radius 2 is 1.95 bits per heavy atom. The van der Waals surface area contributed by atoms with Crippen LogP contribution in [0.4, 0.5) is 0 Å². The molecule has 1 N–H and O–H groups in total. The van der Waals surface area contributed by atoms with Crippen LogP contribution in [0.3, 0.4) is 0 Å². The fraction of sp³-hybridized carbons (Fsp3) is 0.471. The van der Waals surface area contributed by atoms with Crippen LogP contribution in [-0.2, 0) is 0 Å². The van der Waals surface area contributed by atoms with Gasteiger partial charge in [0.15, 0.2) is 0 Å². The van der Waals surface area contributed by atoms with Crippen molar-refractivity contribution in [1.29, 1.82) is 0 Å². The Bertz CT molecular complexity index is 619. The summed E-state index contributed by atoms with van der Waals surface area (Å²) in [6, 6.07) is 8.84. The molecule has 2 aromatic rings. The van der Waals surface area contributed by atoms with Crippen LogP contribution in [0.1, 0.15) is 43.7 Å². The third kappa shape index (κ3) is 1.73. The SMILES string of the molecule is O[C@@H]1CCCCC[C@H]1[C@H]1c2ccccc2-c2cncn21. The third-order valence-electron chi connectivity index (χ3n) is 4.96. The second kappa shape index (κ2) is 4.74. The molecule has 1 saturated carbocycles. The van der Waals surface area contributed by atoms with Gasteiger partial charge in [-0.1, -0.05) is 43.5 Å². The van der Waals surface area contributed by atoms with Gasteiger partial charge in [0.1, 0.15) is 0 Å². The van der Waals surface area contributed by atoms with Crippen molar-refractivity contribution < 1.29 is 5.11 Å². The van der Waals surface area contributed by atoms with E-state index in [1.165, 1.54) is 29.7 Å². The first-order valence-electron chi connectivity index (χ1n) is 7.65. The van der Waals surface area contributed by atoms with Crippen molar-refractivity contribution >= 4 is 0 Å². The Morgan fingerprint density at radius 3 is 2.90 bits per heavy atom. The highest BCUT2D eigenvalue weighted by molar-refractivity contribution is 5.69. The molecule has 2 aliphatic rings. The maximum atomic E-state index is 10.6. The van der Waals surface area contributed by atoms with Gasteiger partial charge in [-0.3, -0.25) is 0 Å². The molecule has 1 aromatic heterocycles. The van der Waals surface area contributed by atoms with E-state index in [9.17, 15) is 5.11 Å². The summed E-state index contributed by atoms with van der Waals surface area (Å²) in [6.07, 6.45) is 9.36. The van der Waals surface area contributed by atoms with Crippen LogP contribution in [-0.4, -0.2) is 20.8 Å². The van der Waals surface area contributed by atoms with Crippen molar-refractivity contribution in [3.63, 3.8) is 0 Å². The van der Waals surface area contributed by atoms with E-state index in [0.717, 1.165) is 19.3 Å². The van der Waals surface area contributed by atoms with Gasteiger partial charge in [-0.15, -0.1) is 0 Å². The topological polar surface area (TPSA) is 38.1 Å². The number of aliphatic hydroxyl groups excluding tert-OH is 1. The maximum Gasteiger partial charge on any atom is 0.0956 e. The van der Waals surface area contributed by atoms with Crippen LogP contribution in [0.2, 0.25) is 0 Å². The number of benzene rings is 1. The molecular formula is C17H20N2O.